The molecule has 0 aliphatic heterocycles. The Kier molecular flexibility index (Phi) is 7.39. The zero-order chi connectivity index (χ0) is 21.6. The number of sulfonamides is 1. The Balaban J connectivity index is 2.36. The third kappa shape index (κ3) is 5.57. The van der Waals surface area contributed by atoms with Gasteiger partial charge in [0.05, 0.1) is 24.1 Å². The lowest BCUT2D eigenvalue weighted by Gasteiger charge is -2.30. The number of rotatable bonds is 8. The number of carbonyl (C=O) groups is 2. The summed E-state index contributed by atoms with van der Waals surface area (Å²) >= 11 is 0. The van der Waals surface area contributed by atoms with Crippen LogP contribution in [0.4, 0.5) is 11.4 Å². The van der Waals surface area contributed by atoms with Crippen LogP contribution < -0.4 is 9.62 Å². The van der Waals surface area contributed by atoms with E-state index in [1.807, 2.05) is 0 Å². The zero-order valence-corrected chi connectivity index (χ0v) is 17.8. The normalized spacial score (nSPS) is 12.1. The molecule has 0 fully saturated rings. The molecule has 0 aromatic heterocycles. The Morgan fingerprint density at radius 3 is 2.31 bits per heavy atom. The van der Waals surface area contributed by atoms with Gasteiger partial charge in [-0.2, -0.15) is 0 Å². The molecule has 8 heteroatoms. The lowest BCUT2D eigenvalue weighted by molar-refractivity contribution is -0.117. The fourth-order valence-electron chi connectivity index (χ4n) is 2.95. The molecule has 1 amide bonds. The Labute approximate surface area is 171 Å². The molecule has 2 rings (SSSR count). The summed E-state index contributed by atoms with van der Waals surface area (Å²) in [6.07, 6.45) is 1.34. The van der Waals surface area contributed by atoms with Crippen LogP contribution in [0.25, 0.3) is 0 Å². The second kappa shape index (κ2) is 9.56. The van der Waals surface area contributed by atoms with Gasteiger partial charge < -0.3 is 10.1 Å². The maximum absolute atomic E-state index is 13.0. The van der Waals surface area contributed by atoms with Crippen molar-refractivity contribution in [3.63, 3.8) is 0 Å². The van der Waals surface area contributed by atoms with E-state index in [1.165, 1.54) is 6.07 Å². The molecule has 0 spiro atoms. The van der Waals surface area contributed by atoms with E-state index < -0.39 is 27.9 Å². The highest BCUT2D eigenvalue weighted by Gasteiger charge is 2.31. The quantitative estimate of drug-likeness (QED) is 0.664. The van der Waals surface area contributed by atoms with E-state index in [-0.39, 0.29) is 13.0 Å². The summed E-state index contributed by atoms with van der Waals surface area (Å²) in [5.41, 5.74) is 1.89. The molecule has 0 saturated carbocycles. The van der Waals surface area contributed by atoms with Crippen molar-refractivity contribution < 1.29 is 22.7 Å². The zero-order valence-electron chi connectivity index (χ0n) is 17.0. The molecule has 2 aromatic rings. The molecular weight excluding hydrogens is 392 g/mol. The molecule has 0 aliphatic rings. The lowest BCUT2D eigenvalue weighted by atomic mass is 10.1. The van der Waals surface area contributed by atoms with Gasteiger partial charge in [-0.1, -0.05) is 31.2 Å². The topological polar surface area (TPSA) is 92.8 Å². The van der Waals surface area contributed by atoms with Gasteiger partial charge in [0.2, 0.25) is 15.9 Å². The van der Waals surface area contributed by atoms with Gasteiger partial charge in [-0.05, 0) is 50.1 Å². The number of nitrogens with one attached hydrogen (secondary N) is 1. The minimum Gasteiger partial charge on any atom is -0.462 e. The van der Waals surface area contributed by atoms with E-state index >= 15 is 0 Å². The minimum atomic E-state index is -3.71. The van der Waals surface area contributed by atoms with Gasteiger partial charge in [0, 0.05) is 5.69 Å². The van der Waals surface area contributed by atoms with Crippen molar-refractivity contribution in [3.05, 3.63) is 59.7 Å². The molecule has 0 bridgehead atoms. The van der Waals surface area contributed by atoms with E-state index in [0.29, 0.717) is 16.9 Å². The van der Waals surface area contributed by atoms with Crippen molar-refractivity contribution in [1.29, 1.82) is 0 Å². The predicted octanol–water partition coefficient (Wildman–Crippen LogP) is 3.36. The molecule has 29 heavy (non-hydrogen) atoms. The van der Waals surface area contributed by atoms with Gasteiger partial charge in [-0.15, -0.1) is 0 Å². The molecule has 2 aromatic carbocycles. The Morgan fingerprint density at radius 1 is 1.10 bits per heavy atom. The first-order valence-corrected chi connectivity index (χ1v) is 11.2. The number of carbonyl (C=O) groups excluding carboxylic acids is 2. The maximum atomic E-state index is 13.0. The Bertz CT molecular complexity index is 974. The van der Waals surface area contributed by atoms with Crippen LogP contribution in [0.5, 0.6) is 0 Å². The molecule has 0 heterocycles. The molecule has 1 N–H and O–H groups in total. The Hall–Kier alpha value is -2.87. The molecule has 0 saturated heterocycles. The standard InChI is InChI=1S/C21H26N2O5S/c1-5-19(23(29(4,26)27)17-10-8-7-9-11-17)20(24)22-18-14-16(13-12-15(18)3)21(25)28-6-2/h7-14,19H,5-6H2,1-4H3,(H,22,24). The van der Waals surface area contributed by atoms with Crippen molar-refractivity contribution >= 4 is 33.3 Å². The van der Waals surface area contributed by atoms with E-state index in [2.05, 4.69) is 5.32 Å². The van der Waals surface area contributed by atoms with Crippen LogP contribution >= 0.6 is 0 Å². The van der Waals surface area contributed by atoms with Crippen LogP contribution in [0.15, 0.2) is 48.5 Å². The van der Waals surface area contributed by atoms with Crippen LogP contribution in [0.1, 0.15) is 36.2 Å². The summed E-state index contributed by atoms with van der Waals surface area (Å²) in [6.45, 7) is 5.49. The summed E-state index contributed by atoms with van der Waals surface area (Å²) in [5, 5.41) is 2.77. The van der Waals surface area contributed by atoms with Crippen LogP contribution in [-0.4, -0.2) is 39.2 Å². The number of anilines is 2. The first-order chi connectivity index (χ1) is 13.7. The second-order valence-electron chi connectivity index (χ2n) is 6.56. The predicted molar refractivity (Wildman–Crippen MR) is 114 cm³/mol. The van der Waals surface area contributed by atoms with Crippen molar-refractivity contribution in [2.75, 3.05) is 22.5 Å². The van der Waals surface area contributed by atoms with Gasteiger partial charge in [0.15, 0.2) is 0 Å². The summed E-state index contributed by atoms with van der Waals surface area (Å²) in [4.78, 5) is 25.0. The number of aryl methyl sites for hydroxylation is 1. The largest absolute Gasteiger partial charge is 0.462 e. The van der Waals surface area contributed by atoms with Crippen LogP contribution in [0.3, 0.4) is 0 Å². The van der Waals surface area contributed by atoms with Gasteiger partial charge in [-0.25, -0.2) is 13.2 Å². The number of para-hydroxylation sites is 1. The molecule has 0 radical (unpaired) electrons. The van der Waals surface area contributed by atoms with Crippen molar-refractivity contribution in [2.45, 2.75) is 33.2 Å². The number of esters is 1. The van der Waals surface area contributed by atoms with Crippen LogP contribution in [0, 0.1) is 6.92 Å². The fraction of sp³-hybridized carbons (Fsp3) is 0.333. The summed E-state index contributed by atoms with van der Waals surface area (Å²) < 4.78 is 31.0. The Morgan fingerprint density at radius 2 is 1.76 bits per heavy atom. The first kappa shape index (κ1) is 22.4. The molecule has 7 nitrogen and oxygen atoms in total. The van der Waals surface area contributed by atoms with Crippen molar-refractivity contribution in [2.24, 2.45) is 0 Å². The summed E-state index contributed by atoms with van der Waals surface area (Å²) in [6, 6.07) is 12.4. The molecule has 1 atom stereocenters. The second-order valence-corrected chi connectivity index (χ2v) is 8.42. The molecule has 1 unspecified atom stereocenters. The van der Waals surface area contributed by atoms with Gasteiger partial charge >= 0.3 is 5.97 Å². The average molecular weight is 419 g/mol. The number of hydrogen-bond acceptors (Lipinski definition) is 5. The van der Waals surface area contributed by atoms with Gasteiger partial charge in [-0.3, -0.25) is 9.10 Å². The van der Waals surface area contributed by atoms with Crippen LogP contribution in [0.2, 0.25) is 0 Å². The number of benzene rings is 2. The minimum absolute atomic E-state index is 0.243. The highest BCUT2D eigenvalue weighted by atomic mass is 32.2. The van der Waals surface area contributed by atoms with E-state index in [0.717, 1.165) is 16.1 Å². The third-order valence-electron chi connectivity index (χ3n) is 4.35. The highest BCUT2D eigenvalue weighted by Crippen LogP contribution is 2.24. The molecular formula is C21H26N2O5S. The van der Waals surface area contributed by atoms with Gasteiger partial charge in [0.25, 0.3) is 0 Å². The number of nitrogens with zero attached hydrogens (tertiary/aromatic N) is 1. The first-order valence-electron chi connectivity index (χ1n) is 9.32. The number of hydrogen-bond donors (Lipinski definition) is 1. The maximum Gasteiger partial charge on any atom is 0.338 e. The SMILES string of the molecule is CCOC(=O)c1ccc(C)c(NC(=O)C(CC)N(c2ccccc2)S(C)(=O)=O)c1. The summed E-state index contributed by atoms with van der Waals surface area (Å²) in [7, 11) is -3.71. The van der Waals surface area contributed by atoms with E-state index in [4.69, 9.17) is 4.74 Å². The average Bonchev–Trinajstić information content (AvgIpc) is 2.67. The van der Waals surface area contributed by atoms with Gasteiger partial charge in [0.1, 0.15) is 6.04 Å². The molecule has 0 aliphatic carbocycles. The summed E-state index contributed by atoms with van der Waals surface area (Å²) in [5.74, 6) is -0.969. The third-order valence-corrected chi connectivity index (χ3v) is 5.53. The molecule has 156 valence electrons. The highest BCUT2D eigenvalue weighted by molar-refractivity contribution is 7.92. The number of amides is 1. The lowest BCUT2D eigenvalue weighted by Crippen LogP contribution is -2.47. The van der Waals surface area contributed by atoms with Crippen molar-refractivity contribution in [3.8, 4) is 0 Å². The monoisotopic (exact) mass is 418 g/mol. The van der Waals surface area contributed by atoms with E-state index in [1.54, 1.807) is 63.2 Å². The van der Waals surface area contributed by atoms with E-state index in [9.17, 15) is 18.0 Å². The smallest absolute Gasteiger partial charge is 0.338 e. The van der Waals surface area contributed by atoms with Crippen molar-refractivity contribution in [1.82, 2.24) is 0 Å². The fourth-order valence-corrected chi connectivity index (χ4v) is 4.16. The number of ether oxygens (including phenoxy) is 1. The van der Waals surface area contributed by atoms with Crippen LogP contribution in [-0.2, 0) is 19.6 Å².